The normalized spacial score (nSPS) is 15.4. The van der Waals surface area contributed by atoms with Crippen molar-refractivity contribution in [2.24, 2.45) is 0 Å². The van der Waals surface area contributed by atoms with Gasteiger partial charge in [-0.3, -0.25) is 0 Å². The monoisotopic (exact) mass is 234 g/mol. The zero-order valence-corrected chi connectivity index (χ0v) is 12.5. The third-order valence-electron chi connectivity index (χ3n) is 2.78. The van der Waals surface area contributed by atoms with Crippen LogP contribution in [0.2, 0.25) is 25.2 Å². The molecule has 2 unspecified atom stereocenters. The molecule has 0 saturated carbocycles. The summed E-state index contributed by atoms with van der Waals surface area (Å²) in [7, 11) is 2.15. The van der Waals surface area contributed by atoms with Crippen molar-refractivity contribution in [1.82, 2.24) is 0 Å². The zero-order valence-electron chi connectivity index (χ0n) is 10.2. The molecule has 0 spiro atoms. The van der Waals surface area contributed by atoms with Gasteiger partial charge in [-0.25, -0.2) is 0 Å². The predicted octanol–water partition coefficient (Wildman–Crippen LogP) is 2.55. The van der Waals surface area contributed by atoms with E-state index in [0.717, 1.165) is 0 Å². The van der Waals surface area contributed by atoms with Gasteiger partial charge < -0.3 is 8.85 Å². The van der Waals surface area contributed by atoms with Crippen LogP contribution in [0.3, 0.4) is 0 Å². The van der Waals surface area contributed by atoms with Gasteiger partial charge in [-0.1, -0.05) is 25.7 Å². The van der Waals surface area contributed by atoms with Gasteiger partial charge in [-0.05, 0) is 25.2 Å². The van der Waals surface area contributed by atoms with Crippen molar-refractivity contribution in [2.75, 3.05) is 14.2 Å². The van der Waals surface area contributed by atoms with Gasteiger partial charge in [0.25, 0.3) is 0 Å². The summed E-state index contributed by atoms with van der Waals surface area (Å²) in [5.41, 5.74) is 0. The molecular formula is C10H26O2Si2. The molecule has 0 fully saturated rings. The van der Waals surface area contributed by atoms with Crippen LogP contribution in [0.4, 0.5) is 0 Å². The smallest absolute Gasteiger partial charge is 0.173 e. The van der Waals surface area contributed by atoms with Crippen molar-refractivity contribution >= 4 is 18.1 Å². The van der Waals surface area contributed by atoms with E-state index >= 15 is 0 Å². The van der Waals surface area contributed by atoms with E-state index in [1.165, 1.54) is 37.8 Å². The van der Waals surface area contributed by atoms with Crippen LogP contribution in [0.5, 0.6) is 0 Å². The van der Waals surface area contributed by atoms with E-state index in [9.17, 15) is 0 Å². The molecule has 0 aromatic heterocycles. The minimum absolute atomic E-state index is 0.775. The first-order valence-electron chi connectivity index (χ1n) is 5.76. The molecule has 2 nitrogen and oxygen atoms in total. The van der Waals surface area contributed by atoms with Crippen LogP contribution in [-0.2, 0) is 8.85 Å². The summed E-state index contributed by atoms with van der Waals surface area (Å²) in [4.78, 5) is 0. The minimum Gasteiger partial charge on any atom is -0.423 e. The van der Waals surface area contributed by atoms with Crippen molar-refractivity contribution < 1.29 is 8.85 Å². The highest BCUT2D eigenvalue weighted by Crippen LogP contribution is 2.10. The lowest BCUT2D eigenvalue weighted by atomic mass is 10.2. The Hall–Kier alpha value is 0.354. The molecule has 0 heterocycles. The van der Waals surface area contributed by atoms with Crippen LogP contribution in [0.1, 0.15) is 25.7 Å². The minimum atomic E-state index is -0.775. The second kappa shape index (κ2) is 9.89. The molecule has 0 bridgehead atoms. The first-order chi connectivity index (χ1) is 6.70. The van der Waals surface area contributed by atoms with Crippen LogP contribution in [0.15, 0.2) is 0 Å². The van der Waals surface area contributed by atoms with Gasteiger partial charge in [0.15, 0.2) is 18.1 Å². The Morgan fingerprint density at radius 1 is 0.714 bits per heavy atom. The standard InChI is InChI=1S/C10H26O2Si2/c1-11-13(3)9-7-5-6-8-10-14(4)12-2/h13-14H,5-10H2,1-4H3. The molecule has 0 aliphatic carbocycles. The number of hydrogen-bond acceptors (Lipinski definition) is 2. The van der Waals surface area contributed by atoms with Crippen LogP contribution >= 0.6 is 0 Å². The van der Waals surface area contributed by atoms with Crippen LogP contribution in [0, 0.1) is 0 Å². The molecule has 2 atom stereocenters. The van der Waals surface area contributed by atoms with E-state index in [1.54, 1.807) is 0 Å². The van der Waals surface area contributed by atoms with Crippen molar-refractivity contribution in [3.63, 3.8) is 0 Å². The van der Waals surface area contributed by atoms with E-state index in [0.29, 0.717) is 0 Å². The first-order valence-corrected chi connectivity index (χ1v) is 10.6. The fourth-order valence-corrected chi connectivity index (χ4v) is 3.65. The first kappa shape index (κ1) is 14.4. The maximum atomic E-state index is 5.34. The van der Waals surface area contributed by atoms with Crippen LogP contribution in [0.25, 0.3) is 0 Å². The number of rotatable bonds is 9. The Balaban J connectivity index is 3.06. The summed E-state index contributed by atoms with van der Waals surface area (Å²) in [6.45, 7) is 4.56. The van der Waals surface area contributed by atoms with Crippen molar-refractivity contribution in [3.8, 4) is 0 Å². The summed E-state index contributed by atoms with van der Waals surface area (Å²) in [5.74, 6) is 0. The molecule has 0 N–H and O–H groups in total. The van der Waals surface area contributed by atoms with Gasteiger partial charge in [0, 0.05) is 14.2 Å². The fourth-order valence-electron chi connectivity index (χ4n) is 1.45. The van der Waals surface area contributed by atoms with E-state index in [1.807, 2.05) is 14.2 Å². The molecule has 0 rings (SSSR count). The van der Waals surface area contributed by atoms with E-state index in [2.05, 4.69) is 13.1 Å². The van der Waals surface area contributed by atoms with Crippen molar-refractivity contribution in [3.05, 3.63) is 0 Å². The third kappa shape index (κ3) is 8.93. The average Bonchev–Trinajstić information content (AvgIpc) is 2.22. The highest BCUT2D eigenvalue weighted by Gasteiger charge is 2.03. The van der Waals surface area contributed by atoms with Crippen LogP contribution in [-0.4, -0.2) is 32.3 Å². The zero-order chi connectivity index (χ0) is 10.8. The highest BCUT2D eigenvalue weighted by atomic mass is 28.3. The molecule has 0 aliphatic heterocycles. The Bertz CT molecular complexity index is 109. The number of unbranched alkanes of at least 4 members (excludes halogenated alkanes) is 3. The van der Waals surface area contributed by atoms with Gasteiger partial charge in [0.2, 0.25) is 0 Å². The molecule has 0 aromatic carbocycles. The van der Waals surface area contributed by atoms with Crippen molar-refractivity contribution in [2.45, 2.75) is 50.9 Å². The Morgan fingerprint density at radius 2 is 1.07 bits per heavy atom. The molecular weight excluding hydrogens is 208 g/mol. The molecule has 4 heteroatoms. The second-order valence-electron chi connectivity index (χ2n) is 4.08. The second-order valence-corrected chi connectivity index (χ2v) is 9.42. The van der Waals surface area contributed by atoms with Gasteiger partial charge >= 0.3 is 0 Å². The molecule has 0 amide bonds. The molecule has 0 aromatic rings. The van der Waals surface area contributed by atoms with Crippen molar-refractivity contribution in [1.29, 1.82) is 0 Å². The molecule has 86 valence electrons. The maximum Gasteiger partial charge on any atom is 0.173 e. The SMILES string of the molecule is CO[SiH](C)CCCCCC[SiH](C)OC. The van der Waals surface area contributed by atoms with Gasteiger partial charge in [0.05, 0.1) is 0 Å². The Labute approximate surface area is 92.5 Å². The lowest BCUT2D eigenvalue weighted by Gasteiger charge is -2.08. The topological polar surface area (TPSA) is 18.5 Å². The molecule has 14 heavy (non-hydrogen) atoms. The van der Waals surface area contributed by atoms with E-state index in [4.69, 9.17) is 8.85 Å². The molecule has 0 saturated heterocycles. The lowest BCUT2D eigenvalue weighted by Crippen LogP contribution is -2.10. The summed E-state index contributed by atoms with van der Waals surface area (Å²) >= 11 is 0. The summed E-state index contributed by atoms with van der Waals surface area (Å²) in [6, 6.07) is 2.68. The van der Waals surface area contributed by atoms with E-state index < -0.39 is 18.1 Å². The number of hydrogen-bond donors (Lipinski definition) is 0. The summed E-state index contributed by atoms with van der Waals surface area (Å²) in [6.07, 6.45) is 5.49. The van der Waals surface area contributed by atoms with Gasteiger partial charge in [-0.2, -0.15) is 0 Å². The molecule has 0 aliphatic rings. The summed E-state index contributed by atoms with van der Waals surface area (Å²) in [5, 5.41) is 0. The average molecular weight is 234 g/mol. The largest absolute Gasteiger partial charge is 0.423 e. The maximum absolute atomic E-state index is 5.34. The lowest BCUT2D eigenvalue weighted by molar-refractivity contribution is 0.418. The third-order valence-corrected chi connectivity index (χ3v) is 6.83. The fraction of sp³-hybridized carbons (Fsp3) is 1.00. The quantitative estimate of drug-likeness (QED) is 0.451. The Morgan fingerprint density at radius 3 is 1.36 bits per heavy atom. The van der Waals surface area contributed by atoms with E-state index in [-0.39, 0.29) is 0 Å². The van der Waals surface area contributed by atoms with Gasteiger partial charge in [-0.15, -0.1) is 0 Å². The van der Waals surface area contributed by atoms with Crippen LogP contribution < -0.4 is 0 Å². The Kier molecular flexibility index (Phi) is 10.1. The van der Waals surface area contributed by atoms with Gasteiger partial charge in [0.1, 0.15) is 0 Å². The highest BCUT2D eigenvalue weighted by molar-refractivity contribution is 6.50. The summed E-state index contributed by atoms with van der Waals surface area (Å²) < 4.78 is 10.7. The molecule has 0 radical (unpaired) electrons. The predicted molar refractivity (Wildman–Crippen MR) is 68.1 cm³/mol.